The molecule has 1 atom stereocenters. The number of allylic oxidation sites excluding steroid dienone is 2. The van der Waals surface area contributed by atoms with Crippen molar-refractivity contribution in [1.82, 2.24) is 0 Å². The van der Waals surface area contributed by atoms with Crippen molar-refractivity contribution in [1.29, 1.82) is 0 Å². The number of esters is 1. The number of rotatable bonds is 5. The smallest absolute Gasteiger partial charge is 0.308 e. The van der Waals surface area contributed by atoms with Crippen LogP contribution < -0.4 is 9.46 Å². The average Bonchev–Trinajstić information content (AvgIpc) is 2.75. The van der Waals surface area contributed by atoms with Crippen LogP contribution >= 0.6 is 0 Å². The van der Waals surface area contributed by atoms with Crippen molar-refractivity contribution in [3.63, 3.8) is 0 Å². The number of fused-ring (bicyclic) bond motifs is 1. The van der Waals surface area contributed by atoms with E-state index >= 15 is 0 Å². The van der Waals surface area contributed by atoms with E-state index in [2.05, 4.69) is 10.8 Å². The van der Waals surface area contributed by atoms with Crippen LogP contribution in [0.1, 0.15) is 35.1 Å². The minimum absolute atomic E-state index is 0.170. The van der Waals surface area contributed by atoms with E-state index in [0.717, 1.165) is 22.3 Å². The van der Waals surface area contributed by atoms with Crippen LogP contribution in [0.5, 0.6) is 5.75 Å². The molecule has 1 aliphatic rings. The Kier molecular flexibility index (Phi) is 5.65. The quantitative estimate of drug-likeness (QED) is 0.350. The molecule has 5 nitrogen and oxygen atoms in total. The van der Waals surface area contributed by atoms with Gasteiger partial charge in [0, 0.05) is 18.4 Å². The molecule has 0 saturated carbocycles. The van der Waals surface area contributed by atoms with Crippen molar-refractivity contribution in [3.8, 4) is 5.75 Å². The highest BCUT2D eigenvalue weighted by Gasteiger charge is 2.27. The number of hydrogen-bond donors (Lipinski definition) is 1. The first kappa shape index (κ1) is 20.9. The van der Waals surface area contributed by atoms with Crippen LogP contribution in [-0.2, 0) is 21.2 Å². The van der Waals surface area contributed by atoms with Gasteiger partial charge in [-0.15, -0.1) is 0 Å². The zero-order chi connectivity index (χ0) is 22.0. The lowest BCUT2D eigenvalue weighted by Gasteiger charge is -2.26. The third kappa shape index (κ3) is 4.39. The first-order valence-electron chi connectivity index (χ1n) is 10.0. The predicted octanol–water partition coefficient (Wildman–Crippen LogP) is 4.97. The lowest BCUT2D eigenvalue weighted by Crippen LogP contribution is -2.18. The van der Waals surface area contributed by atoms with Gasteiger partial charge in [0.1, 0.15) is 5.75 Å². The molecular formula is C25H23NO4S. The molecule has 0 fully saturated rings. The molecule has 3 aromatic carbocycles. The monoisotopic (exact) mass is 433 g/mol. The van der Waals surface area contributed by atoms with E-state index in [9.17, 15) is 13.2 Å². The highest BCUT2D eigenvalue weighted by atomic mass is 32.2. The lowest BCUT2D eigenvalue weighted by atomic mass is 9.82. The highest BCUT2D eigenvalue weighted by Crippen LogP contribution is 2.42. The van der Waals surface area contributed by atoms with Gasteiger partial charge in [0.05, 0.1) is 10.6 Å². The summed E-state index contributed by atoms with van der Waals surface area (Å²) in [6, 6.07) is 19.9. The summed E-state index contributed by atoms with van der Waals surface area (Å²) in [5.74, 6) is -0.136. The number of sulfonamides is 1. The average molecular weight is 434 g/mol. The van der Waals surface area contributed by atoms with Crippen LogP contribution in [0.2, 0.25) is 0 Å². The van der Waals surface area contributed by atoms with E-state index in [0.29, 0.717) is 17.9 Å². The van der Waals surface area contributed by atoms with E-state index in [1.54, 1.807) is 36.4 Å². The van der Waals surface area contributed by atoms with Crippen molar-refractivity contribution in [2.24, 2.45) is 0 Å². The Labute approximate surface area is 182 Å². The van der Waals surface area contributed by atoms with Crippen LogP contribution in [-0.4, -0.2) is 14.4 Å². The summed E-state index contributed by atoms with van der Waals surface area (Å²) >= 11 is 0. The van der Waals surface area contributed by atoms with Crippen molar-refractivity contribution >= 4 is 21.7 Å². The molecule has 3 aromatic rings. The van der Waals surface area contributed by atoms with Gasteiger partial charge in [0.15, 0.2) is 0 Å². The molecule has 0 amide bonds. The molecule has 1 aliphatic carbocycles. The molecule has 0 aromatic heterocycles. The molecule has 1 N–H and O–H groups in total. The minimum Gasteiger partial charge on any atom is -0.426 e. The molecule has 0 bridgehead atoms. The van der Waals surface area contributed by atoms with E-state index in [1.165, 1.54) is 6.92 Å². The Bertz CT molecular complexity index is 1250. The third-order valence-corrected chi connectivity index (χ3v) is 6.64. The molecule has 0 heterocycles. The third-order valence-electron chi connectivity index (χ3n) is 5.26. The number of aryl methyl sites for hydroxylation is 1. The highest BCUT2D eigenvalue weighted by molar-refractivity contribution is 7.92. The Morgan fingerprint density at radius 1 is 1.00 bits per heavy atom. The number of anilines is 1. The minimum atomic E-state index is -3.79. The molecule has 0 aliphatic heterocycles. The van der Waals surface area contributed by atoms with Gasteiger partial charge in [-0.05, 0) is 48.7 Å². The standard InChI is InChI=1S/C25H23NO4S/c1-17-11-13-20(14-12-17)31(28,29)26-23-15-16-24(30-18(2)27)22-10-6-9-21(25(22)23)19-7-4-3-5-8-19/h3-9,11-16,21,26H,10H2,1-2H3. The second-order valence-corrected chi connectivity index (χ2v) is 9.22. The molecule has 0 saturated heterocycles. The van der Waals surface area contributed by atoms with Gasteiger partial charge >= 0.3 is 5.97 Å². The second-order valence-electron chi connectivity index (χ2n) is 7.54. The largest absolute Gasteiger partial charge is 0.426 e. The summed E-state index contributed by atoms with van der Waals surface area (Å²) in [4.78, 5) is 11.8. The molecule has 0 spiro atoms. The van der Waals surface area contributed by atoms with Crippen LogP contribution in [0.15, 0.2) is 83.8 Å². The van der Waals surface area contributed by atoms with Crippen LogP contribution in [0.4, 0.5) is 5.69 Å². The maximum absolute atomic E-state index is 13.1. The number of hydrogen-bond acceptors (Lipinski definition) is 4. The number of nitrogens with one attached hydrogen (secondary N) is 1. The fourth-order valence-electron chi connectivity index (χ4n) is 3.83. The number of ether oxygens (including phenoxy) is 1. The van der Waals surface area contributed by atoms with Gasteiger partial charge in [-0.1, -0.05) is 60.2 Å². The maximum atomic E-state index is 13.1. The maximum Gasteiger partial charge on any atom is 0.308 e. The fourth-order valence-corrected chi connectivity index (χ4v) is 4.91. The summed E-state index contributed by atoms with van der Waals surface area (Å²) in [5.41, 5.74) is 4.08. The lowest BCUT2D eigenvalue weighted by molar-refractivity contribution is -0.131. The topological polar surface area (TPSA) is 72.5 Å². The molecule has 6 heteroatoms. The van der Waals surface area contributed by atoms with E-state index in [-0.39, 0.29) is 10.8 Å². The first-order chi connectivity index (χ1) is 14.8. The van der Waals surface area contributed by atoms with E-state index in [4.69, 9.17) is 4.74 Å². The molecule has 1 unspecified atom stereocenters. The SMILES string of the molecule is CC(=O)Oc1ccc(NS(=O)(=O)c2ccc(C)cc2)c2c1CC=CC2c1ccccc1. The van der Waals surface area contributed by atoms with Crippen molar-refractivity contribution in [2.45, 2.75) is 31.1 Å². The Morgan fingerprint density at radius 3 is 2.39 bits per heavy atom. The summed E-state index contributed by atoms with van der Waals surface area (Å²) < 4.78 is 34.4. The predicted molar refractivity (Wildman–Crippen MR) is 121 cm³/mol. The fraction of sp³-hybridized carbons (Fsp3) is 0.160. The van der Waals surface area contributed by atoms with Crippen LogP contribution in [0.3, 0.4) is 0 Å². The Balaban J connectivity index is 1.84. The van der Waals surface area contributed by atoms with Gasteiger partial charge in [-0.2, -0.15) is 0 Å². The summed E-state index contributed by atoms with van der Waals surface area (Å²) in [5, 5.41) is 0. The molecular weight excluding hydrogens is 410 g/mol. The zero-order valence-electron chi connectivity index (χ0n) is 17.3. The van der Waals surface area contributed by atoms with E-state index < -0.39 is 16.0 Å². The second kappa shape index (κ2) is 8.40. The summed E-state index contributed by atoms with van der Waals surface area (Å²) in [6.45, 7) is 3.26. The summed E-state index contributed by atoms with van der Waals surface area (Å²) in [7, 11) is -3.79. The zero-order valence-corrected chi connectivity index (χ0v) is 18.1. The van der Waals surface area contributed by atoms with Gasteiger partial charge in [0.25, 0.3) is 10.0 Å². The van der Waals surface area contributed by atoms with Gasteiger partial charge in [0.2, 0.25) is 0 Å². The van der Waals surface area contributed by atoms with Crippen molar-refractivity contribution in [2.75, 3.05) is 4.72 Å². The molecule has 4 rings (SSSR count). The van der Waals surface area contributed by atoms with Crippen molar-refractivity contribution in [3.05, 3.63) is 101 Å². The molecule has 31 heavy (non-hydrogen) atoms. The van der Waals surface area contributed by atoms with Gasteiger partial charge in [-0.25, -0.2) is 8.42 Å². The van der Waals surface area contributed by atoms with Crippen LogP contribution in [0.25, 0.3) is 0 Å². The number of carbonyl (C=O) groups is 1. The molecule has 158 valence electrons. The van der Waals surface area contributed by atoms with Gasteiger partial charge in [-0.3, -0.25) is 9.52 Å². The summed E-state index contributed by atoms with van der Waals surface area (Å²) in [6.07, 6.45) is 4.62. The number of carbonyl (C=O) groups excluding carboxylic acids is 1. The van der Waals surface area contributed by atoms with Gasteiger partial charge < -0.3 is 4.74 Å². The molecule has 0 radical (unpaired) electrons. The van der Waals surface area contributed by atoms with Crippen molar-refractivity contribution < 1.29 is 17.9 Å². The Morgan fingerprint density at radius 2 is 1.71 bits per heavy atom. The number of benzene rings is 3. The van der Waals surface area contributed by atoms with E-state index in [1.807, 2.05) is 43.3 Å². The van der Waals surface area contributed by atoms with Crippen LogP contribution in [0, 0.1) is 6.92 Å². The normalized spacial score (nSPS) is 15.2. The first-order valence-corrected chi connectivity index (χ1v) is 11.5. The Hall–Kier alpha value is -3.38.